The van der Waals surface area contributed by atoms with Gasteiger partial charge in [0.1, 0.15) is 7.05 Å². The fourth-order valence-electron chi connectivity index (χ4n) is 4.97. The van der Waals surface area contributed by atoms with E-state index in [2.05, 4.69) is 94.9 Å². The van der Waals surface area contributed by atoms with Gasteiger partial charge in [-0.1, -0.05) is 52.0 Å². The van der Waals surface area contributed by atoms with Crippen LogP contribution in [0, 0.1) is 12.3 Å². The molecule has 1 nitrogen and oxygen atoms in total. The van der Waals surface area contributed by atoms with Crippen LogP contribution in [-0.2, 0) is 7.05 Å². The highest BCUT2D eigenvalue weighted by molar-refractivity contribution is 5.94. The number of aromatic nitrogens is 1. The summed E-state index contributed by atoms with van der Waals surface area (Å²) in [4.78, 5) is 0. The molecule has 0 amide bonds. The molecule has 0 atom stereocenters. The first-order valence-corrected chi connectivity index (χ1v) is 11.3. The van der Waals surface area contributed by atoms with Crippen LogP contribution in [0.2, 0.25) is 0 Å². The van der Waals surface area contributed by atoms with Crippen molar-refractivity contribution in [3.63, 3.8) is 0 Å². The summed E-state index contributed by atoms with van der Waals surface area (Å²) in [6.07, 6.45) is 7.55. The summed E-state index contributed by atoms with van der Waals surface area (Å²) < 4.78 is 2.29. The highest BCUT2D eigenvalue weighted by Crippen LogP contribution is 2.43. The van der Waals surface area contributed by atoms with E-state index in [-0.39, 0.29) is 0 Å². The number of nitrogens with zero attached hydrogens (tertiary/aromatic N) is 1. The van der Waals surface area contributed by atoms with Crippen LogP contribution in [0.5, 0.6) is 0 Å². The van der Waals surface area contributed by atoms with Crippen LogP contribution in [0.25, 0.3) is 22.0 Å². The zero-order chi connectivity index (χ0) is 20.8. The van der Waals surface area contributed by atoms with Crippen LogP contribution < -0.4 is 4.57 Å². The first-order chi connectivity index (χ1) is 13.7. The van der Waals surface area contributed by atoms with Gasteiger partial charge in [0.05, 0.1) is 5.39 Å². The van der Waals surface area contributed by atoms with Crippen molar-refractivity contribution in [1.29, 1.82) is 0 Å². The standard InChI is InChI=1S/C28H36N/c1-19(2)22-8-7-20(3)26(18-22)27-25-10-9-23(17-24(25)13-16-29(27)6)21-11-14-28(4,5)15-12-21/h7-10,13,16-19,21H,11-12,14-15H2,1-6H3/q+1. The Morgan fingerprint density at radius 3 is 2.38 bits per heavy atom. The fraction of sp³-hybridized carbons (Fsp3) is 0.464. The van der Waals surface area contributed by atoms with Gasteiger partial charge in [-0.3, -0.25) is 0 Å². The van der Waals surface area contributed by atoms with Crippen LogP contribution in [0.3, 0.4) is 0 Å². The molecule has 1 heterocycles. The largest absolute Gasteiger partial charge is 0.220 e. The van der Waals surface area contributed by atoms with Crippen molar-refractivity contribution < 1.29 is 4.57 Å². The molecule has 0 spiro atoms. The maximum absolute atomic E-state index is 2.46. The van der Waals surface area contributed by atoms with Gasteiger partial charge in [0, 0.05) is 11.6 Å². The van der Waals surface area contributed by atoms with Crippen LogP contribution in [0.4, 0.5) is 0 Å². The van der Waals surface area contributed by atoms with Crippen molar-refractivity contribution in [2.24, 2.45) is 12.5 Å². The molecule has 1 aliphatic carbocycles. The predicted molar refractivity (Wildman–Crippen MR) is 124 cm³/mol. The Morgan fingerprint density at radius 1 is 0.966 bits per heavy atom. The van der Waals surface area contributed by atoms with Crippen molar-refractivity contribution in [3.8, 4) is 11.3 Å². The van der Waals surface area contributed by atoms with E-state index in [0.717, 1.165) is 5.92 Å². The highest BCUT2D eigenvalue weighted by Gasteiger charge is 2.28. The van der Waals surface area contributed by atoms with Crippen molar-refractivity contribution in [1.82, 2.24) is 0 Å². The van der Waals surface area contributed by atoms with E-state index in [1.54, 1.807) is 0 Å². The number of benzene rings is 2. The molecular weight excluding hydrogens is 350 g/mol. The summed E-state index contributed by atoms with van der Waals surface area (Å²) in [6.45, 7) is 11.6. The molecule has 0 aliphatic heterocycles. The average molecular weight is 387 g/mol. The minimum Gasteiger partial charge on any atom is -0.200 e. The smallest absolute Gasteiger partial charge is 0.200 e. The molecule has 3 aromatic rings. The van der Waals surface area contributed by atoms with Crippen LogP contribution in [-0.4, -0.2) is 0 Å². The van der Waals surface area contributed by atoms with Crippen molar-refractivity contribution >= 4 is 10.8 Å². The lowest BCUT2D eigenvalue weighted by molar-refractivity contribution is -0.659. The van der Waals surface area contributed by atoms with Gasteiger partial charge in [-0.2, -0.15) is 0 Å². The number of hydrogen-bond acceptors (Lipinski definition) is 0. The van der Waals surface area contributed by atoms with E-state index in [1.807, 2.05) is 0 Å². The molecule has 1 heteroatoms. The molecule has 0 saturated heterocycles. The summed E-state index contributed by atoms with van der Waals surface area (Å²) >= 11 is 0. The molecule has 1 saturated carbocycles. The molecule has 29 heavy (non-hydrogen) atoms. The monoisotopic (exact) mass is 386 g/mol. The molecule has 1 fully saturated rings. The third kappa shape index (κ3) is 3.97. The topological polar surface area (TPSA) is 3.88 Å². The molecule has 152 valence electrons. The molecule has 0 bridgehead atoms. The molecule has 1 aromatic heterocycles. The first kappa shape index (κ1) is 20.1. The zero-order valence-electron chi connectivity index (χ0n) is 19.0. The minimum atomic E-state index is 0.521. The normalized spacial score (nSPS) is 17.2. The zero-order valence-corrected chi connectivity index (χ0v) is 19.0. The third-order valence-electron chi connectivity index (χ3n) is 7.16. The van der Waals surface area contributed by atoms with E-state index in [4.69, 9.17) is 0 Å². The van der Waals surface area contributed by atoms with Gasteiger partial charge in [0.15, 0.2) is 6.20 Å². The molecule has 2 aromatic carbocycles. The second-order valence-electron chi connectivity index (χ2n) is 10.3. The highest BCUT2D eigenvalue weighted by atomic mass is 14.9. The maximum atomic E-state index is 2.46. The van der Waals surface area contributed by atoms with E-state index >= 15 is 0 Å². The lowest BCUT2D eigenvalue weighted by Crippen LogP contribution is -2.30. The van der Waals surface area contributed by atoms with Gasteiger partial charge in [-0.25, -0.2) is 4.57 Å². The molecule has 4 rings (SSSR count). The SMILES string of the molecule is Cc1ccc(C(C)C)cc1-c1c2ccc(C3CCC(C)(C)CC3)cc2cc[n+]1C. The van der Waals surface area contributed by atoms with Gasteiger partial charge in [-0.15, -0.1) is 0 Å². The number of fused-ring (bicyclic) bond motifs is 1. The Labute approximate surface area is 176 Å². The second-order valence-corrected chi connectivity index (χ2v) is 10.3. The van der Waals surface area contributed by atoms with E-state index in [0.29, 0.717) is 11.3 Å². The van der Waals surface area contributed by atoms with E-state index < -0.39 is 0 Å². The molecule has 0 unspecified atom stereocenters. The second kappa shape index (κ2) is 7.59. The van der Waals surface area contributed by atoms with E-state index in [1.165, 1.54) is 64.4 Å². The van der Waals surface area contributed by atoms with E-state index in [9.17, 15) is 0 Å². The summed E-state index contributed by atoms with van der Waals surface area (Å²) in [5.41, 5.74) is 7.49. The molecular formula is C28H36N+. The molecule has 0 radical (unpaired) electrons. The number of rotatable bonds is 3. The van der Waals surface area contributed by atoms with Crippen LogP contribution >= 0.6 is 0 Å². The van der Waals surface area contributed by atoms with Gasteiger partial charge >= 0.3 is 0 Å². The van der Waals surface area contributed by atoms with Gasteiger partial charge < -0.3 is 0 Å². The van der Waals surface area contributed by atoms with Gasteiger partial charge in [-0.05, 0) is 84.1 Å². The predicted octanol–water partition coefficient (Wildman–Crippen LogP) is 7.45. The summed E-state index contributed by atoms with van der Waals surface area (Å²) in [5.74, 6) is 1.26. The van der Waals surface area contributed by atoms with Crippen LogP contribution in [0.15, 0.2) is 48.7 Å². The van der Waals surface area contributed by atoms with Crippen molar-refractivity contribution in [2.75, 3.05) is 0 Å². The quantitative estimate of drug-likeness (QED) is 0.412. The number of aryl methyl sites for hydroxylation is 2. The van der Waals surface area contributed by atoms with Gasteiger partial charge in [0.2, 0.25) is 5.69 Å². The number of pyridine rings is 1. The van der Waals surface area contributed by atoms with Crippen molar-refractivity contribution in [2.45, 2.75) is 72.1 Å². The lowest BCUT2D eigenvalue weighted by Gasteiger charge is -2.34. The number of hydrogen-bond donors (Lipinski definition) is 0. The maximum Gasteiger partial charge on any atom is 0.220 e. The summed E-state index contributed by atoms with van der Waals surface area (Å²) in [5, 5.41) is 2.73. The Balaban J connectivity index is 1.79. The summed E-state index contributed by atoms with van der Waals surface area (Å²) in [7, 11) is 2.17. The Kier molecular flexibility index (Phi) is 5.27. The van der Waals surface area contributed by atoms with Crippen molar-refractivity contribution in [3.05, 3.63) is 65.4 Å². The third-order valence-corrected chi connectivity index (χ3v) is 7.16. The van der Waals surface area contributed by atoms with Gasteiger partial charge in [0.25, 0.3) is 0 Å². The summed E-state index contributed by atoms with van der Waals surface area (Å²) in [6, 6.07) is 16.5. The lowest BCUT2D eigenvalue weighted by atomic mass is 9.71. The Bertz CT molecular complexity index is 1030. The van der Waals surface area contributed by atoms with Crippen LogP contribution in [0.1, 0.15) is 81.9 Å². The Morgan fingerprint density at radius 2 is 1.69 bits per heavy atom. The average Bonchev–Trinajstić information content (AvgIpc) is 2.68. The Hall–Kier alpha value is -2.15. The molecule has 0 N–H and O–H groups in total. The fourth-order valence-corrected chi connectivity index (χ4v) is 4.97. The molecule has 1 aliphatic rings. The minimum absolute atomic E-state index is 0.521. The first-order valence-electron chi connectivity index (χ1n) is 11.3.